The van der Waals surface area contributed by atoms with Crippen molar-refractivity contribution in [3.63, 3.8) is 0 Å². The number of hydrogen-bond donors (Lipinski definition) is 1. The lowest BCUT2D eigenvalue weighted by Crippen LogP contribution is -2.42. The summed E-state index contributed by atoms with van der Waals surface area (Å²) in [6, 6.07) is 9.19. The van der Waals surface area contributed by atoms with Gasteiger partial charge in [0.05, 0.1) is 0 Å². The van der Waals surface area contributed by atoms with Crippen LogP contribution in [-0.2, 0) is 5.60 Å². The fraction of sp³-hybridized carbons (Fsp3) is 0.478. The molecule has 1 fully saturated rings. The van der Waals surface area contributed by atoms with E-state index in [1.54, 1.807) is 11.1 Å². The molecular weight excluding hydrogens is 393 g/mol. The van der Waals surface area contributed by atoms with E-state index in [1.807, 2.05) is 19.2 Å². The maximum atomic E-state index is 13.0. The van der Waals surface area contributed by atoms with Crippen LogP contribution in [0.4, 0.5) is 13.2 Å². The summed E-state index contributed by atoms with van der Waals surface area (Å²) in [7, 11) is 0. The molecule has 1 aliphatic carbocycles. The topological polar surface area (TPSA) is 53.4 Å². The van der Waals surface area contributed by atoms with E-state index in [0.29, 0.717) is 24.9 Å². The molecule has 1 heterocycles. The number of halogens is 3. The quantitative estimate of drug-likeness (QED) is 0.737. The van der Waals surface area contributed by atoms with E-state index in [-0.39, 0.29) is 17.5 Å². The molecule has 3 rings (SSSR count). The van der Waals surface area contributed by atoms with Crippen molar-refractivity contribution in [3.05, 3.63) is 65.5 Å². The molecule has 0 aliphatic heterocycles. The zero-order valence-electron chi connectivity index (χ0n) is 17.2. The van der Waals surface area contributed by atoms with Crippen molar-refractivity contribution < 1.29 is 23.1 Å². The normalized spacial score (nSPS) is 21.7. The summed E-state index contributed by atoms with van der Waals surface area (Å²) in [6.45, 7) is 3.15. The Kier molecular flexibility index (Phi) is 6.50. The largest absolute Gasteiger partial charge is 0.421 e. The third-order valence-corrected chi connectivity index (χ3v) is 6.14. The summed E-state index contributed by atoms with van der Waals surface area (Å²) in [6.07, 6.45) is 2.54. The minimum Gasteiger partial charge on any atom is -0.376 e. The summed E-state index contributed by atoms with van der Waals surface area (Å²) < 4.78 is 39.1. The van der Waals surface area contributed by atoms with Crippen LogP contribution in [0.25, 0.3) is 0 Å². The van der Waals surface area contributed by atoms with Crippen molar-refractivity contribution in [2.75, 3.05) is 6.54 Å². The minimum absolute atomic E-state index is 0.105. The summed E-state index contributed by atoms with van der Waals surface area (Å²) in [5.74, 6) is 0.244. The maximum Gasteiger partial charge on any atom is 0.421 e. The highest BCUT2D eigenvalue weighted by atomic mass is 19.4. The van der Waals surface area contributed by atoms with Gasteiger partial charge in [-0.1, -0.05) is 18.2 Å². The van der Waals surface area contributed by atoms with Gasteiger partial charge in [0.15, 0.2) is 5.60 Å². The molecule has 30 heavy (non-hydrogen) atoms. The van der Waals surface area contributed by atoms with E-state index >= 15 is 0 Å². The molecule has 0 spiro atoms. The molecule has 1 aromatic carbocycles. The van der Waals surface area contributed by atoms with Gasteiger partial charge in [-0.05, 0) is 74.8 Å². The molecule has 0 unspecified atom stereocenters. The number of carbonyl (C=O) groups excluding carboxylic acids is 1. The number of benzene rings is 1. The zero-order valence-corrected chi connectivity index (χ0v) is 17.2. The maximum absolute atomic E-state index is 13.0. The Morgan fingerprint density at radius 3 is 2.27 bits per heavy atom. The van der Waals surface area contributed by atoms with E-state index < -0.39 is 11.8 Å². The molecule has 162 valence electrons. The number of hydrogen-bond acceptors (Lipinski definition) is 3. The number of pyridine rings is 1. The first-order valence-corrected chi connectivity index (χ1v) is 10.3. The number of aliphatic hydroxyl groups is 1. The van der Waals surface area contributed by atoms with E-state index in [4.69, 9.17) is 0 Å². The smallest absolute Gasteiger partial charge is 0.376 e. The first-order chi connectivity index (χ1) is 14.1. The molecule has 1 N–H and O–H groups in total. The summed E-state index contributed by atoms with van der Waals surface area (Å²) in [4.78, 5) is 19.0. The molecule has 0 radical (unpaired) electrons. The molecule has 0 saturated heterocycles. The lowest BCUT2D eigenvalue weighted by atomic mass is 9.81. The summed E-state index contributed by atoms with van der Waals surface area (Å²) in [5.41, 5.74) is -1.69. The first kappa shape index (κ1) is 22.3. The van der Waals surface area contributed by atoms with Crippen LogP contribution < -0.4 is 0 Å². The molecule has 1 aliphatic rings. The van der Waals surface area contributed by atoms with Crippen molar-refractivity contribution in [1.29, 1.82) is 0 Å². The third-order valence-electron chi connectivity index (χ3n) is 6.14. The van der Waals surface area contributed by atoms with Gasteiger partial charge in [-0.3, -0.25) is 9.78 Å². The molecule has 2 aromatic rings. The van der Waals surface area contributed by atoms with Gasteiger partial charge in [0.2, 0.25) is 0 Å². The van der Waals surface area contributed by atoms with Crippen LogP contribution in [0.3, 0.4) is 0 Å². The molecule has 1 saturated carbocycles. The van der Waals surface area contributed by atoms with Crippen LogP contribution in [0.15, 0.2) is 48.8 Å². The SMILES string of the molecule is CCN(C(=O)c1ccc([C@](C)(O)C(F)(F)F)cc1)C1CCC(c2cccnc2)CC1. The average Bonchev–Trinajstić information content (AvgIpc) is 2.74. The molecule has 1 amide bonds. The van der Waals surface area contributed by atoms with Crippen molar-refractivity contribution in [2.45, 2.75) is 63.3 Å². The predicted molar refractivity (Wildman–Crippen MR) is 108 cm³/mol. The molecular formula is C23H27F3N2O2. The Morgan fingerprint density at radius 2 is 1.77 bits per heavy atom. The predicted octanol–water partition coefficient (Wildman–Crippen LogP) is 5.04. The van der Waals surface area contributed by atoms with Crippen LogP contribution in [0, 0.1) is 0 Å². The van der Waals surface area contributed by atoms with Crippen LogP contribution in [0.2, 0.25) is 0 Å². The average molecular weight is 420 g/mol. The molecule has 7 heteroatoms. The minimum atomic E-state index is -4.79. The second-order valence-corrected chi connectivity index (χ2v) is 8.03. The van der Waals surface area contributed by atoms with Crippen LogP contribution in [0.5, 0.6) is 0 Å². The van der Waals surface area contributed by atoms with E-state index in [9.17, 15) is 23.1 Å². The fourth-order valence-electron chi connectivity index (χ4n) is 4.17. The molecule has 1 aromatic heterocycles. The number of amides is 1. The Labute approximate surface area is 174 Å². The summed E-state index contributed by atoms with van der Waals surface area (Å²) in [5, 5.41) is 9.81. The van der Waals surface area contributed by atoms with Crippen LogP contribution in [-0.4, -0.2) is 39.7 Å². The van der Waals surface area contributed by atoms with Crippen molar-refractivity contribution in [3.8, 4) is 0 Å². The Bertz CT molecular complexity index is 843. The lowest BCUT2D eigenvalue weighted by Gasteiger charge is -2.36. The second-order valence-electron chi connectivity index (χ2n) is 8.03. The van der Waals surface area contributed by atoms with Gasteiger partial charge in [-0.25, -0.2) is 0 Å². The highest BCUT2D eigenvalue weighted by Crippen LogP contribution is 2.39. The monoisotopic (exact) mass is 420 g/mol. The second kappa shape index (κ2) is 8.76. The van der Waals surface area contributed by atoms with Crippen LogP contribution in [0.1, 0.15) is 66.9 Å². The van der Waals surface area contributed by atoms with Gasteiger partial charge in [0.1, 0.15) is 0 Å². The van der Waals surface area contributed by atoms with Gasteiger partial charge in [0.25, 0.3) is 5.91 Å². The number of nitrogens with zero attached hydrogens (tertiary/aromatic N) is 2. The number of rotatable bonds is 5. The van der Waals surface area contributed by atoms with Crippen LogP contribution >= 0.6 is 0 Å². The molecule has 4 nitrogen and oxygen atoms in total. The number of carbonyl (C=O) groups is 1. The van der Waals surface area contributed by atoms with Crippen molar-refractivity contribution in [1.82, 2.24) is 9.88 Å². The highest BCUT2D eigenvalue weighted by molar-refractivity contribution is 5.94. The van der Waals surface area contributed by atoms with E-state index in [0.717, 1.165) is 25.7 Å². The molecule has 1 atom stereocenters. The highest BCUT2D eigenvalue weighted by Gasteiger charge is 2.51. The third kappa shape index (κ3) is 4.51. The Morgan fingerprint density at radius 1 is 1.13 bits per heavy atom. The zero-order chi connectivity index (χ0) is 21.9. The van der Waals surface area contributed by atoms with E-state index in [1.165, 1.54) is 29.8 Å². The van der Waals surface area contributed by atoms with Crippen molar-refractivity contribution >= 4 is 5.91 Å². The van der Waals surface area contributed by atoms with Crippen molar-refractivity contribution in [2.24, 2.45) is 0 Å². The van der Waals surface area contributed by atoms with Gasteiger partial charge < -0.3 is 10.0 Å². The van der Waals surface area contributed by atoms with E-state index in [2.05, 4.69) is 11.1 Å². The van der Waals surface area contributed by atoms with Gasteiger partial charge in [-0.15, -0.1) is 0 Å². The van der Waals surface area contributed by atoms with Gasteiger partial charge in [0, 0.05) is 30.5 Å². The van der Waals surface area contributed by atoms with Gasteiger partial charge in [-0.2, -0.15) is 13.2 Å². The lowest BCUT2D eigenvalue weighted by molar-refractivity contribution is -0.258. The number of aromatic nitrogens is 1. The Balaban J connectivity index is 1.68. The molecule has 0 bridgehead atoms. The fourth-order valence-corrected chi connectivity index (χ4v) is 4.17. The Hall–Kier alpha value is -2.41. The standard InChI is InChI=1S/C23H27F3N2O2/c1-3-28(20-12-8-16(9-13-20)18-5-4-14-27-15-18)21(29)17-6-10-19(11-7-17)22(2,30)23(24,25)26/h4-7,10-11,14-16,20,30H,3,8-9,12-13H2,1-2H3/t16?,20?,22-/m0/s1. The first-order valence-electron chi connectivity index (χ1n) is 10.3. The number of alkyl halides is 3. The summed E-state index contributed by atoms with van der Waals surface area (Å²) >= 11 is 0. The van der Waals surface area contributed by atoms with Gasteiger partial charge >= 0.3 is 6.18 Å².